The molecule has 1 fully saturated rings. The molecule has 2 atom stereocenters. The van der Waals surface area contributed by atoms with Crippen molar-refractivity contribution in [2.45, 2.75) is 26.0 Å². The predicted molar refractivity (Wildman–Crippen MR) is 53.7 cm³/mol. The van der Waals surface area contributed by atoms with Gasteiger partial charge < -0.3 is 10.1 Å². The highest BCUT2D eigenvalue weighted by atomic mass is 16.3. The molecule has 0 aromatic carbocycles. The molecule has 0 aliphatic carbocycles. The van der Waals surface area contributed by atoms with Crippen LogP contribution < -0.4 is 0 Å². The van der Waals surface area contributed by atoms with E-state index in [4.69, 9.17) is 0 Å². The third kappa shape index (κ3) is 2.13. The lowest BCUT2D eigenvalue weighted by Crippen LogP contribution is -2.42. The van der Waals surface area contributed by atoms with Crippen LogP contribution in [0.3, 0.4) is 0 Å². The summed E-state index contributed by atoms with van der Waals surface area (Å²) in [7, 11) is 0. The van der Waals surface area contributed by atoms with Gasteiger partial charge in [-0.15, -0.1) is 0 Å². The standard InChI is InChI=1S/C10H17N3O/c1-8-2-5-13(6-9(8)14)7-10-11-3-4-12-10/h3-4,8-9,14H,2,5-7H2,1H3,(H,11,12). The quantitative estimate of drug-likeness (QED) is 0.727. The summed E-state index contributed by atoms with van der Waals surface area (Å²) in [6.45, 7) is 4.74. The van der Waals surface area contributed by atoms with E-state index in [-0.39, 0.29) is 6.10 Å². The van der Waals surface area contributed by atoms with Gasteiger partial charge in [0.15, 0.2) is 0 Å². The van der Waals surface area contributed by atoms with Gasteiger partial charge in [0.1, 0.15) is 5.82 Å². The molecule has 0 saturated carbocycles. The molecule has 4 heteroatoms. The molecule has 14 heavy (non-hydrogen) atoms. The van der Waals surface area contributed by atoms with E-state index < -0.39 is 0 Å². The fourth-order valence-corrected chi connectivity index (χ4v) is 1.85. The molecule has 1 aliphatic rings. The molecule has 1 aromatic rings. The lowest BCUT2D eigenvalue weighted by atomic mass is 9.96. The second-order valence-corrected chi connectivity index (χ2v) is 4.10. The van der Waals surface area contributed by atoms with Crippen LogP contribution in [0.1, 0.15) is 19.2 Å². The molecule has 0 amide bonds. The van der Waals surface area contributed by atoms with E-state index in [1.807, 2.05) is 6.20 Å². The molecular weight excluding hydrogens is 178 g/mol. The molecule has 2 rings (SSSR count). The molecule has 0 radical (unpaired) electrons. The number of nitrogens with zero attached hydrogens (tertiary/aromatic N) is 2. The van der Waals surface area contributed by atoms with Crippen molar-refractivity contribution < 1.29 is 5.11 Å². The van der Waals surface area contributed by atoms with Crippen LogP contribution in [0.5, 0.6) is 0 Å². The Labute approximate surface area is 84.0 Å². The highest BCUT2D eigenvalue weighted by Gasteiger charge is 2.24. The fraction of sp³-hybridized carbons (Fsp3) is 0.700. The average Bonchev–Trinajstić information content (AvgIpc) is 2.64. The van der Waals surface area contributed by atoms with Crippen molar-refractivity contribution in [2.24, 2.45) is 5.92 Å². The molecule has 0 spiro atoms. The number of aliphatic hydroxyl groups is 1. The van der Waals surface area contributed by atoms with Gasteiger partial charge in [0.25, 0.3) is 0 Å². The van der Waals surface area contributed by atoms with Gasteiger partial charge in [0, 0.05) is 18.9 Å². The number of rotatable bonds is 2. The van der Waals surface area contributed by atoms with Gasteiger partial charge in [-0.05, 0) is 18.9 Å². The number of aromatic amines is 1. The summed E-state index contributed by atoms with van der Waals surface area (Å²) in [4.78, 5) is 9.49. The highest BCUT2D eigenvalue weighted by molar-refractivity contribution is 4.88. The van der Waals surface area contributed by atoms with Gasteiger partial charge in [-0.1, -0.05) is 6.92 Å². The Morgan fingerprint density at radius 2 is 2.57 bits per heavy atom. The minimum atomic E-state index is -0.182. The first kappa shape index (κ1) is 9.68. The van der Waals surface area contributed by atoms with Gasteiger partial charge in [0.05, 0.1) is 12.6 Å². The third-order valence-electron chi connectivity index (χ3n) is 2.93. The van der Waals surface area contributed by atoms with Crippen LogP contribution in [-0.4, -0.2) is 39.2 Å². The van der Waals surface area contributed by atoms with Crippen molar-refractivity contribution in [3.63, 3.8) is 0 Å². The van der Waals surface area contributed by atoms with E-state index in [0.29, 0.717) is 5.92 Å². The minimum Gasteiger partial charge on any atom is -0.392 e. The van der Waals surface area contributed by atoms with E-state index in [1.165, 1.54) is 0 Å². The predicted octanol–water partition coefficient (Wildman–Crippen LogP) is 0.612. The van der Waals surface area contributed by atoms with Crippen molar-refractivity contribution in [3.8, 4) is 0 Å². The summed E-state index contributed by atoms with van der Waals surface area (Å²) in [5.74, 6) is 1.41. The molecule has 0 bridgehead atoms. The number of piperidine rings is 1. The number of hydrogen-bond donors (Lipinski definition) is 2. The molecule has 2 unspecified atom stereocenters. The van der Waals surface area contributed by atoms with Crippen LogP contribution in [0, 0.1) is 5.92 Å². The molecule has 1 saturated heterocycles. The number of aromatic nitrogens is 2. The molecule has 2 heterocycles. The normalized spacial score (nSPS) is 29.3. The van der Waals surface area contributed by atoms with Crippen molar-refractivity contribution in [3.05, 3.63) is 18.2 Å². The number of imidazole rings is 1. The number of likely N-dealkylation sites (tertiary alicyclic amines) is 1. The zero-order valence-electron chi connectivity index (χ0n) is 8.48. The van der Waals surface area contributed by atoms with Crippen LogP contribution in [0.15, 0.2) is 12.4 Å². The number of aliphatic hydroxyl groups excluding tert-OH is 1. The van der Waals surface area contributed by atoms with Gasteiger partial charge in [-0.3, -0.25) is 4.90 Å². The van der Waals surface area contributed by atoms with Crippen molar-refractivity contribution in [2.75, 3.05) is 13.1 Å². The zero-order valence-corrected chi connectivity index (χ0v) is 8.48. The first-order valence-electron chi connectivity index (χ1n) is 5.14. The summed E-state index contributed by atoms with van der Waals surface area (Å²) in [5, 5.41) is 9.70. The van der Waals surface area contributed by atoms with Gasteiger partial charge in [0.2, 0.25) is 0 Å². The summed E-state index contributed by atoms with van der Waals surface area (Å²) >= 11 is 0. The maximum Gasteiger partial charge on any atom is 0.120 e. The van der Waals surface area contributed by atoms with E-state index in [0.717, 1.165) is 31.9 Å². The SMILES string of the molecule is CC1CCN(Cc2ncc[nH]2)CC1O. The van der Waals surface area contributed by atoms with E-state index in [2.05, 4.69) is 21.8 Å². The third-order valence-corrected chi connectivity index (χ3v) is 2.93. The maximum atomic E-state index is 9.70. The lowest BCUT2D eigenvalue weighted by Gasteiger charge is -2.33. The van der Waals surface area contributed by atoms with Crippen molar-refractivity contribution in [1.29, 1.82) is 0 Å². The molecule has 1 aromatic heterocycles. The molecule has 2 N–H and O–H groups in total. The Morgan fingerprint density at radius 3 is 3.21 bits per heavy atom. The monoisotopic (exact) mass is 195 g/mol. The van der Waals surface area contributed by atoms with Crippen LogP contribution >= 0.6 is 0 Å². The number of β-amino-alcohol motifs (C(OH)–C–C–N with tert-alkyl or cyclic N) is 1. The number of H-pyrrole nitrogens is 1. The number of hydrogen-bond acceptors (Lipinski definition) is 3. The van der Waals surface area contributed by atoms with E-state index >= 15 is 0 Å². The Morgan fingerprint density at radius 1 is 1.71 bits per heavy atom. The lowest BCUT2D eigenvalue weighted by molar-refractivity contribution is 0.0250. The summed E-state index contributed by atoms with van der Waals surface area (Å²) in [6, 6.07) is 0. The molecule has 4 nitrogen and oxygen atoms in total. The zero-order chi connectivity index (χ0) is 9.97. The fourth-order valence-electron chi connectivity index (χ4n) is 1.85. The maximum absolute atomic E-state index is 9.70. The Hall–Kier alpha value is -0.870. The minimum absolute atomic E-state index is 0.182. The van der Waals surface area contributed by atoms with Crippen LogP contribution in [0.4, 0.5) is 0 Å². The van der Waals surface area contributed by atoms with E-state index in [9.17, 15) is 5.11 Å². The molecule has 78 valence electrons. The summed E-state index contributed by atoms with van der Waals surface area (Å²) in [5.41, 5.74) is 0. The van der Waals surface area contributed by atoms with Gasteiger partial charge in [-0.2, -0.15) is 0 Å². The average molecular weight is 195 g/mol. The Bertz CT molecular complexity index is 273. The second kappa shape index (κ2) is 4.11. The van der Waals surface area contributed by atoms with Crippen molar-refractivity contribution in [1.82, 2.24) is 14.9 Å². The summed E-state index contributed by atoms with van der Waals surface area (Å²) < 4.78 is 0. The number of nitrogens with one attached hydrogen (secondary N) is 1. The Kier molecular flexibility index (Phi) is 2.84. The van der Waals surface area contributed by atoms with Crippen LogP contribution in [0.2, 0.25) is 0 Å². The van der Waals surface area contributed by atoms with E-state index in [1.54, 1.807) is 6.20 Å². The smallest absolute Gasteiger partial charge is 0.120 e. The Balaban J connectivity index is 1.88. The van der Waals surface area contributed by atoms with Crippen LogP contribution in [-0.2, 0) is 6.54 Å². The largest absolute Gasteiger partial charge is 0.392 e. The summed E-state index contributed by atoms with van der Waals surface area (Å²) in [6.07, 6.45) is 4.48. The first-order valence-corrected chi connectivity index (χ1v) is 5.14. The van der Waals surface area contributed by atoms with Gasteiger partial charge >= 0.3 is 0 Å². The van der Waals surface area contributed by atoms with Crippen LogP contribution in [0.25, 0.3) is 0 Å². The topological polar surface area (TPSA) is 52.2 Å². The highest BCUT2D eigenvalue weighted by Crippen LogP contribution is 2.17. The van der Waals surface area contributed by atoms with Gasteiger partial charge in [-0.25, -0.2) is 4.98 Å². The second-order valence-electron chi connectivity index (χ2n) is 4.10. The van der Waals surface area contributed by atoms with Crippen molar-refractivity contribution >= 4 is 0 Å². The molecule has 1 aliphatic heterocycles. The first-order chi connectivity index (χ1) is 6.75. The molecular formula is C10H17N3O.